The summed E-state index contributed by atoms with van der Waals surface area (Å²) in [5.41, 5.74) is 4.65. The van der Waals surface area contributed by atoms with Gasteiger partial charge in [-0.05, 0) is 60.8 Å². The van der Waals surface area contributed by atoms with Gasteiger partial charge < -0.3 is 10.2 Å². The molecule has 0 radical (unpaired) electrons. The Morgan fingerprint density at radius 3 is 2.23 bits per heavy atom. The zero-order valence-corrected chi connectivity index (χ0v) is 14.5. The van der Waals surface area contributed by atoms with Gasteiger partial charge in [-0.3, -0.25) is 4.79 Å². The van der Waals surface area contributed by atoms with Gasteiger partial charge >= 0.3 is 0 Å². The minimum absolute atomic E-state index is 0.0163. The number of rotatable bonds is 3. The first kappa shape index (κ1) is 15.4. The average molecular weight is 300 g/mol. The average Bonchev–Trinajstić information content (AvgIpc) is 2.98. The van der Waals surface area contributed by atoms with Crippen LogP contribution in [0.5, 0.6) is 0 Å². The molecule has 1 saturated carbocycles. The van der Waals surface area contributed by atoms with Crippen LogP contribution in [0, 0.1) is 31.1 Å². The predicted molar refractivity (Wildman–Crippen MR) is 92.4 cm³/mol. The molecule has 1 heterocycles. The van der Waals surface area contributed by atoms with Crippen LogP contribution in [0.2, 0.25) is 0 Å². The van der Waals surface area contributed by atoms with E-state index in [4.69, 9.17) is 0 Å². The predicted octanol–water partition coefficient (Wildman–Crippen LogP) is 4.13. The zero-order chi connectivity index (χ0) is 16.1. The van der Waals surface area contributed by atoms with E-state index in [1.165, 1.54) is 25.2 Å². The van der Waals surface area contributed by atoms with Crippen molar-refractivity contribution >= 4 is 17.3 Å². The smallest absolute Gasteiger partial charge is 0.224 e. The van der Waals surface area contributed by atoms with Gasteiger partial charge in [-0.1, -0.05) is 20.8 Å². The molecule has 1 aromatic rings. The first-order valence-corrected chi connectivity index (χ1v) is 8.39. The van der Waals surface area contributed by atoms with Gasteiger partial charge in [0.2, 0.25) is 5.91 Å². The lowest BCUT2D eigenvalue weighted by atomic mass is 9.92. The Bertz CT molecular complexity index is 567. The second-order valence-corrected chi connectivity index (χ2v) is 8.40. The van der Waals surface area contributed by atoms with Gasteiger partial charge in [0.05, 0.1) is 0 Å². The molecule has 2 unspecified atom stereocenters. The third kappa shape index (κ3) is 3.29. The molecule has 1 N–H and O–H groups in total. The number of piperidine rings is 1. The van der Waals surface area contributed by atoms with E-state index < -0.39 is 0 Å². The van der Waals surface area contributed by atoms with Crippen LogP contribution < -0.4 is 10.2 Å². The molecule has 2 atom stereocenters. The van der Waals surface area contributed by atoms with Crippen LogP contribution in [0.4, 0.5) is 11.4 Å². The normalized spacial score (nSPS) is 23.4. The van der Waals surface area contributed by atoms with E-state index in [0.717, 1.165) is 28.7 Å². The monoisotopic (exact) mass is 300 g/mol. The number of hydrogen-bond donors (Lipinski definition) is 1. The van der Waals surface area contributed by atoms with Crippen molar-refractivity contribution in [3.63, 3.8) is 0 Å². The summed E-state index contributed by atoms with van der Waals surface area (Å²) in [5, 5.41) is 3.11. The maximum absolute atomic E-state index is 12.2. The second-order valence-electron chi connectivity index (χ2n) is 8.40. The van der Waals surface area contributed by atoms with E-state index in [9.17, 15) is 4.79 Å². The fraction of sp³-hybridized carbons (Fsp3) is 0.632. The number of benzene rings is 1. The lowest BCUT2D eigenvalue weighted by Gasteiger charge is -2.24. The molecule has 3 heteroatoms. The van der Waals surface area contributed by atoms with Gasteiger partial charge in [0, 0.05) is 30.9 Å². The lowest BCUT2D eigenvalue weighted by Crippen LogP contribution is -2.23. The molecular weight excluding hydrogens is 272 g/mol. The molecular formula is C19H28N2O. The van der Waals surface area contributed by atoms with Crippen molar-refractivity contribution in [3.8, 4) is 0 Å². The molecule has 1 saturated heterocycles. The fourth-order valence-corrected chi connectivity index (χ4v) is 3.59. The van der Waals surface area contributed by atoms with Gasteiger partial charge in [0.1, 0.15) is 0 Å². The van der Waals surface area contributed by atoms with Crippen molar-refractivity contribution in [1.82, 2.24) is 0 Å². The Balaban J connectivity index is 1.73. The van der Waals surface area contributed by atoms with Crippen LogP contribution in [-0.2, 0) is 4.79 Å². The second kappa shape index (κ2) is 5.29. The van der Waals surface area contributed by atoms with Crippen LogP contribution in [0.1, 0.15) is 44.7 Å². The Labute approximate surface area is 134 Å². The molecule has 1 aliphatic carbocycles. The van der Waals surface area contributed by atoms with Crippen molar-refractivity contribution in [2.75, 3.05) is 23.3 Å². The first-order valence-electron chi connectivity index (χ1n) is 8.39. The number of amides is 1. The fourth-order valence-electron chi connectivity index (χ4n) is 3.59. The van der Waals surface area contributed by atoms with Crippen LogP contribution >= 0.6 is 0 Å². The zero-order valence-electron chi connectivity index (χ0n) is 14.5. The molecule has 2 aliphatic rings. The number of aryl methyl sites for hydroxylation is 2. The number of carbonyl (C=O) groups is 1. The summed E-state index contributed by atoms with van der Waals surface area (Å²) in [6.07, 6.45) is 1.97. The van der Waals surface area contributed by atoms with Gasteiger partial charge in [-0.25, -0.2) is 0 Å². The van der Waals surface area contributed by atoms with E-state index in [0.29, 0.717) is 6.42 Å². The van der Waals surface area contributed by atoms with Crippen LogP contribution in [0.3, 0.4) is 0 Å². The molecule has 3 rings (SSSR count). The molecule has 3 nitrogen and oxygen atoms in total. The van der Waals surface area contributed by atoms with Crippen molar-refractivity contribution in [2.45, 2.75) is 47.5 Å². The maximum atomic E-state index is 12.2. The first-order chi connectivity index (χ1) is 10.2. The Kier molecular flexibility index (Phi) is 3.70. The highest BCUT2D eigenvalue weighted by molar-refractivity contribution is 5.93. The largest absolute Gasteiger partial charge is 0.371 e. The highest BCUT2D eigenvalue weighted by Crippen LogP contribution is 2.46. The molecule has 0 aromatic heterocycles. The molecule has 0 spiro atoms. The van der Waals surface area contributed by atoms with E-state index >= 15 is 0 Å². The van der Waals surface area contributed by atoms with E-state index in [-0.39, 0.29) is 11.3 Å². The Hall–Kier alpha value is -1.51. The summed E-state index contributed by atoms with van der Waals surface area (Å²) in [5.74, 6) is 1.98. The number of carbonyl (C=O) groups excluding carboxylic acids is 1. The summed E-state index contributed by atoms with van der Waals surface area (Å²) < 4.78 is 0. The number of anilines is 2. The number of nitrogens with zero attached hydrogens (tertiary/aromatic N) is 1. The maximum Gasteiger partial charge on any atom is 0.224 e. The molecule has 1 aromatic carbocycles. The van der Waals surface area contributed by atoms with Gasteiger partial charge in [-0.2, -0.15) is 0 Å². The van der Waals surface area contributed by atoms with Gasteiger partial charge in [-0.15, -0.1) is 0 Å². The summed E-state index contributed by atoms with van der Waals surface area (Å²) in [7, 11) is 0. The van der Waals surface area contributed by atoms with Crippen molar-refractivity contribution in [1.29, 1.82) is 0 Å². The number of hydrogen-bond acceptors (Lipinski definition) is 2. The van der Waals surface area contributed by atoms with E-state index in [1.807, 2.05) is 0 Å². The lowest BCUT2D eigenvalue weighted by molar-refractivity contribution is -0.117. The minimum atomic E-state index is 0.0163. The molecule has 1 amide bonds. The molecule has 1 aliphatic heterocycles. The van der Waals surface area contributed by atoms with Crippen molar-refractivity contribution in [3.05, 3.63) is 23.3 Å². The number of fused-ring (bicyclic) bond motifs is 1. The highest BCUT2D eigenvalue weighted by atomic mass is 16.1. The highest BCUT2D eigenvalue weighted by Gasteiger charge is 2.45. The third-order valence-electron chi connectivity index (χ3n) is 4.82. The summed E-state index contributed by atoms with van der Waals surface area (Å²) in [6.45, 7) is 12.9. The number of nitrogens with one attached hydrogen (secondary N) is 1. The van der Waals surface area contributed by atoms with Gasteiger partial charge in [0.25, 0.3) is 0 Å². The van der Waals surface area contributed by atoms with Crippen molar-refractivity contribution in [2.24, 2.45) is 17.3 Å². The third-order valence-corrected chi connectivity index (χ3v) is 4.82. The standard InChI is InChI=1S/C19H28N2O/c1-12-6-16(21-10-14-8-15(14)11-21)7-13(2)18(12)20-17(22)9-19(3,4)5/h6-7,14-15H,8-11H2,1-5H3,(H,20,22). The topological polar surface area (TPSA) is 32.3 Å². The Morgan fingerprint density at radius 2 is 1.73 bits per heavy atom. The van der Waals surface area contributed by atoms with Crippen LogP contribution in [-0.4, -0.2) is 19.0 Å². The minimum Gasteiger partial charge on any atom is -0.371 e. The molecule has 0 bridgehead atoms. The van der Waals surface area contributed by atoms with E-state index in [2.05, 4.69) is 57.0 Å². The quantitative estimate of drug-likeness (QED) is 0.910. The Morgan fingerprint density at radius 1 is 1.18 bits per heavy atom. The van der Waals surface area contributed by atoms with Crippen molar-refractivity contribution < 1.29 is 4.79 Å². The summed E-state index contributed by atoms with van der Waals surface area (Å²) in [6, 6.07) is 4.45. The van der Waals surface area contributed by atoms with Crippen LogP contribution in [0.25, 0.3) is 0 Å². The van der Waals surface area contributed by atoms with E-state index in [1.54, 1.807) is 0 Å². The van der Waals surface area contributed by atoms with Gasteiger partial charge in [0.15, 0.2) is 0 Å². The SMILES string of the molecule is Cc1cc(N2CC3CC3C2)cc(C)c1NC(=O)CC(C)(C)C. The summed E-state index contributed by atoms with van der Waals surface area (Å²) in [4.78, 5) is 14.7. The molecule has 120 valence electrons. The molecule has 2 fully saturated rings. The summed E-state index contributed by atoms with van der Waals surface area (Å²) >= 11 is 0. The van der Waals surface area contributed by atoms with Crippen LogP contribution in [0.15, 0.2) is 12.1 Å². The molecule has 22 heavy (non-hydrogen) atoms.